The molecule has 1 atom stereocenters. The number of aryl methyl sites for hydroxylation is 1. The van der Waals surface area contributed by atoms with Crippen LogP contribution in [0.2, 0.25) is 0 Å². The molecule has 0 fully saturated rings. The number of unbranched alkanes of at least 4 members (excludes halogenated alkanes) is 1. The number of nitrogens with zero attached hydrogens (tertiary/aromatic N) is 5. The number of benzene rings is 2. The van der Waals surface area contributed by atoms with Crippen LogP contribution in [0.15, 0.2) is 73.1 Å². The van der Waals surface area contributed by atoms with Gasteiger partial charge >= 0.3 is 0 Å². The molecule has 5 aromatic rings. The molecule has 36 heavy (non-hydrogen) atoms. The van der Waals surface area contributed by atoms with Crippen molar-refractivity contribution in [1.29, 1.82) is 0 Å². The first-order valence-corrected chi connectivity index (χ1v) is 12.7. The first-order chi connectivity index (χ1) is 17.7. The van der Waals surface area contributed by atoms with Crippen molar-refractivity contribution in [3.05, 3.63) is 84.7 Å². The van der Waals surface area contributed by atoms with E-state index in [1.54, 1.807) is 18.3 Å². The molecule has 1 aliphatic rings. The second kappa shape index (κ2) is 9.57. The quantitative estimate of drug-likeness (QED) is 0.258. The van der Waals surface area contributed by atoms with E-state index in [4.69, 9.17) is 9.97 Å². The number of anilines is 1. The molecule has 1 aliphatic heterocycles. The van der Waals surface area contributed by atoms with Gasteiger partial charge in [0.2, 0.25) is 5.95 Å². The SMILES string of the molecule is CCCCNc1nccc(-c2c(-c3ccc(F)cc3)nc3n2C(Cn2ccc4ccccc42)CC3)n1. The van der Waals surface area contributed by atoms with Gasteiger partial charge < -0.3 is 14.5 Å². The minimum atomic E-state index is -0.256. The van der Waals surface area contributed by atoms with Crippen LogP contribution in [0.3, 0.4) is 0 Å². The third kappa shape index (κ3) is 4.15. The molecule has 0 saturated heterocycles. The third-order valence-electron chi connectivity index (χ3n) is 6.97. The number of hydrogen-bond acceptors (Lipinski definition) is 4. The Hall–Kier alpha value is -4.00. The topological polar surface area (TPSA) is 60.6 Å². The van der Waals surface area contributed by atoms with Crippen LogP contribution < -0.4 is 5.32 Å². The van der Waals surface area contributed by atoms with Crippen molar-refractivity contribution in [3.63, 3.8) is 0 Å². The van der Waals surface area contributed by atoms with E-state index < -0.39 is 0 Å². The molecule has 1 unspecified atom stereocenters. The standard InChI is InChI=1S/C29H29FN6/c1-2-3-16-31-29-32-17-14-24(33-29)28-27(21-8-10-22(30)11-9-21)34-26-13-12-23(36(26)28)19-35-18-15-20-6-4-5-7-25(20)35/h4-11,14-15,17-18,23H,2-3,12-13,16,19H2,1H3,(H,31,32,33). The predicted octanol–water partition coefficient (Wildman–Crippen LogP) is 6.50. The maximum atomic E-state index is 13.7. The fourth-order valence-electron chi connectivity index (χ4n) is 5.18. The number of para-hydroxylation sites is 1. The summed E-state index contributed by atoms with van der Waals surface area (Å²) >= 11 is 0. The van der Waals surface area contributed by atoms with Gasteiger partial charge in [-0.25, -0.2) is 19.3 Å². The summed E-state index contributed by atoms with van der Waals surface area (Å²) in [5.74, 6) is 1.41. The number of rotatable bonds is 8. The van der Waals surface area contributed by atoms with Crippen LogP contribution in [-0.4, -0.2) is 30.6 Å². The predicted molar refractivity (Wildman–Crippen MR) is 141 cm³/mol. The number of imidazole rings is 1. The fraction of sp³-hybridized carbons (Fsp3) is 0.276. The number of aromatic nitrogens is 5. The van der Waals surface area contributed by atoms with Gasteiger partial charge in [0.25, 0.3) is 0 Å². The van der Waals surface area contributed by atoms with Crippen LogP contribution in [0.5, 0.6) is 0 Å². The normalized spacial score (nSPS) is 14.9. The molecule has 182 valence electrons. The number of nitrogens with one attached hydrogen (secondary N) is 1. The van der Waals surface area contributed by atoms with Gasteiger partial charge in [-0.1, -0.05) is 31.5 Å². The largest absolute Gasteiger partial charge is 0.354 e. The molecule has 7 heteroatoms. The Kier molecular flexibility index (Phi) is 5.97. The summed E-state index contributed by atoms with van der Waals surface area (Å²) in [6.07, 6.45) is 8.04. The van der Waals surface area contributed by atoms with E-state index in [1.165, 1.54) is 23.0 Å². The molecule has 0 aliphatic carbocycles. The van der Waals surface area contributed by atoms with Crippen LogP contribution in [0.4, 0.5) is 10.3 Å². The average molecular weight is 481 g/mol. The van der Waals surface area contributed by atoms with Gasteiger partial charge in [0, 0.05) is 43.0 Å². The van der Waals surface area contributed by atoms with Crippen molar-refractivity contribution in [2.45, 2.75) is 45.2 Å². The molecule has 4 heterocycles. The summed E-state index contributed by atoms with van der Waals surface area (Å²) in [6.45, 7) is 3.84. The van der Waals surface area contributed by atoms with Crippen molar-refractivity contribution in [1.82, 2.24) is 24.1 Å². The van der Waals surface area contributed by atoms with Crippen LogP contribution >= 0.6 is 0 Å². The highest BCUT2D eigenvalue weighted by Gasteiger charge is 2.31. The molecule has 0 spiro atoms. The molecule has 6 rings (SSSR count). The first-order valence-electron chi connectivity index (χ1n) is 12.7. The van der Waals surface area contributed by atoms with Crippen LogP contribution in [-0.2, 0) is 13.0 Å². The second-order valence-corrected chi connectivity index (χ2v) is 9.37. The zero-order valence-corrected chi connectivity index (χ0v) is 20.4. The van der Waals surface area contributed by atoms with Crippen LogP contribution in [0.1, 0.15) is 38.1 Å². The van der Waals surface area contributed by atoms with E-state index in [0.29, 0.717) is 5.95 Å². The fourth-order valence-corrected chi connectivity index (χ4v) is 5.18. The van der Waals surface area contributed by atoms with Gasteiger partial charge in [0.1, 0.15) is 11.6 Å². The maximum absolute atomic E-state index is 13.7. The molecule has 1 N–H and O–H groups in total. The molecular weight excluding hydrogens is 451 g/mol. The van der Waals surface area contributed by atoms with Crippen molar-refractivity contribution < 1.29 is 4.39 Å². The highest BCUT2D eigenvalue weighted by atomic mass is 19.1. The van der Waals surface area contributed by atoms with E-state index in [0.717, 1.165) is 67.2 Å². The summed E-state index contributed by atoms with van der Waals surface area (Å²) < 4.78 is 18.4. The van der Waals surface area contributed by atoms with Crippen molar-refractivity contribution in [2.75, 3.05) is 11.9 Å². The third-order valence-corrected chi connectivity index (χ3v) is 6.97. The minimum Gasteiger partial charge on any atom is -0.354 e. The number of fused-ring (bicyclic) bond motifs is 2. The number of hydrogen-bond donors (Lipinski definition) is 1. The molecule has 2 aromatic carbocycles. The summed E-state index contributed by atoms with van der Waals surface area (Å²) in [4.78, 5) is 14.4. The zero-order chi connectivity index (χ0) is 24.5. The molecule has 6 nitrogen and oxygen atoms in total. The Morgan fingerprint density at radius 2 is 1.89 bits per heavy atom. The van der Waals surface area contributed by atoms with Gasteiger partial charge in [-0.15, -0.1) is 0 Å². The van der Waals surface area contributed by atoms with Gasteiger partial charge in [-0.05, 0) is 60.7 Å². The smallest absolute Gasteiger partial charge is 0.223 e. The van der Waals surface area contributed by atoms with Crippen LogP contribution in [0, 0.1) is 5.82 Å². The lowest BCUT2D eigenvalue weighted by Crippen LogP contribution is -2.14. The summed E-state index contributed by atoms with van der Waals surface area (Å²) in [5.41, 5.74) is 4.75. The zero-order valence-electron chi connectivity index (χ0n) is 20.4. The van der Waals surface area contributed by atoms with Gasteiger partial charge in [0.15, 0.2) is 0 Å². The van der Waals surface area contributed by atoms with E-state index in [2.05, 4.69) is 62.9 Å². The lowest BCUT2D eigenvalue weighted by molar-refractivity contribution is 0.459. The van der Waals surface area contributed by atoms with Crippen molar-refractivity contribution >= 4 is 16.9 Å². The van der Waals surface area contributed by atoms with E-state index in [9.17, 15) is 4.39 Å². The average Bonchev–Trinajstić information content (AvgIpc) is 3.60. The summed E-state index contributed by atoms with van der Waals surface area (Å²) in [7, 11) is 0. The van der Waals surface area contributed by atoms with E-state index in [-0.39, 0.29) is 11.9 Å². The minimum absolute atomic E-state index is 0.235. The Labute approximate surface area is 209 Å². The van der Waals surface area contributed by atoms with E-state index in [1.807, 2.05) is 6.07 Å². The lowest BCUT2D eigenvalue weighted by Gasteiger charge is -2.19. The highest BCUT2D eigenvalue weighted by molar-refractivity contribution is 5.80. The molecular formula is C29H29FN6. The molecule has 0 amide bonds. The summed E-state index contributed by atoms with van der Waals surface area (Å²) in [6, 6.07) is 19.4. The first kappa shape index (κ1) is 22.5. The Morgan fingerprint density at radius 1 is 1.03 bits per heavy atom. The van der Waals surface area contributed by atoms with Gasteiger partial charge in [0.05, 0.1) is 23.1 Å². The monoisotopic (exact) mass is 480 g/mol. The van der Waals surface area contributed by atoms with Gasteiger partial charge in [-0.2, -0.15) is 0 Å². The number of halogens is 1. The second-order valence-electron chi connectivity index (χ2n) is 9.37. The Bertz CT molecular complexity index is 1500. The molecule has 0 radical (unpaired) electrons. The van der Waals surface area contributed by atoms with Crippen molar-refractivity contribution in [2.24, 2.45) is 0 Å². The molecule has 0 bridgehead atoms. The Balaban J connectivity index is 1.44. The molecule has 0 saturated carbocycles. The maximum Gasteiger partial charge on any atom is 0.223 e. The lowest BCUT2D eigenvalue weighted by atomic mass is 10.1. The van der Waals surface area contributed by atoms with Gasteiger partial charge in [-0.3, -0.25) is 0 Å². The molecule has 3 aromatic heterocycles. The summed E-state index contributed by atoms with van der Waals surface area (Å²) in [5, 5.41) is 4.59. The van der Waals surface area contributed by atoms with Crippen LogP contribution in [0.25, 0.3) is 33.5 Å². The van der Waals surface area contributed by atoms with Crippen molar-refractivity contribution in [3.8, 4) is 22.6 Å². The highest BCUT2D eigenvalue weighted by Crippen LogP contribution is 2.40. The Morgan fingerprint density at radius 3 is 2.75 bits per heavy atom. The van der Waals surface area contributed by atoms with E-state index >= 15 is 0 Å².